The third-order valence-electron chi connectivity index (χ3n) is 2.56. The van der Waals surface area contributed by atoms with E-state index in [1.54, 1.807) is 7.11 Å². The average Bonchev–Trinajstić information content (AvgIpc) is 2.38. The maximum absolute atomic E-state index is 5.76. The maximum Gasteiger partial charge on any atom is 0.146 e. The summed E-state index contributed by atoms with van der Waals surface area (Å²) in [7, 11) is 1.66. The van der Waals surface area contributed by atoms with E-state index in [2.05, 4.69) is 19.2 Å². The van der Waals surface area contributed by atoms with Crippen molar-refractivity contribution < 1.29 is 9.47 Å². The fraction of sp³-hybridized carbons (Fsp3) is 0.500. The monoisotopic (exact) mass is 207 g/mol. The van der Waals surface area contributed by atoms with Crippen LogP contribution in [0.1, 0.15) is 13.8 Å². The number of hydrogen-bond acceptors (Lipinski definition) is 3. The first-order valence-electron chi connectivity index (χ1n) is 5.15. The van der Waals surface area contributed by atoms with Crippen LogP contribution in [0.3, 0.4) is 0 Å². The van der Waals surface area contributed by atoms with Gasteiger partial charge in [0.15, 0.2) is 0 Å². The molecule has 0 unspecified atom stereocenters. The molecule has 1 aliphatic heterocycles. The topological polar surface area (TPSA) is 30.5 Å². The maximum atomic E-state index is 5.76. The van der Waals surface area contributed by atoms with Crippen molar-refractivity contribution in [1.29, 1.82) is 0 Å². The SMILES string of the molecule is COc1ccc2c(c1)OCC(C)(C)CN2. The molecule has 0 saturated heterocycles. The molecule has 15 heavy (non-hydrogen) atoms. The van der Waals surface area contributed by atoms with Crippen molar-refractivity contribution in [3.05, 3.63) is 18.2 Å². The first-order chi connectivity index (χ1) is 7.11. The van der Waals surface area contributed by atoms with Crippen LogP contribution in [-0.2, 0) is 0 Å². The van der Waals surface area contributed by atoms with Crippen LogP contribution in [0, 0.1) is 5.41 Å². The van der Waals surface area contributed by atoms with Crippen LogP contribution in [0.25, 0.3) is 0 Å². The highest BCUT2D eigenvalue weighted by molar-refractivity contribution is 5.59. The van der Waals surface area contributed by atoms with E-state index >= 15 is 0 Å². The highest BCUT2D eigenvalue weighted by Gasteiger charge is 2.23. The van der Waals surface area contributed by atoms with Gasteiger partial charge in [0.05, 0.1) is 19.4 Å². The molecule has 3 nitrogen and oxygen atoms in total. The number of anilines is 1. The summed E-state index contributed by atoms with van der Waals surface area (Å²) >= 11 is 0. The molecule has 1 N–H and O–H groups in total. The molecule has 0 aliphatic carbocycles. The summed E-state index contributed by atoms with van der Waals surface area (Å²) in [5.41, 5.74) is 1.20. The summed E-state index contributed by atoms with van der Waals surface area (Å²) in [5.74, 6) is 1.70. The minimum atomic E-state index is 0.159. The predicted octanol–water partition coefficient (Wildman–Crippen LogP) is 2.53. The van der Waals surface area contributed by atoms with Crippen LogP contribution in [0.2, 0.25) is 0 Å². The zero-order valence-electron chi connectivity index (χ0n) is 9.46. The van der Waals surface area contributed by atoms with Crippen LogP contribution in [0.4, 0.5) is 5.69 Å². The number of ether oxygens (including phenoxy) is 2. The van der Waals surface area contributed by atoms with Gasteiger partial charge in [-0.2, -0.15) is 0 Å². The molecule has 2 rings (SSSR count). The summed E-state index contributed by atoms with van der Waals surface area (Å²) in [6.07, 6.45) is 0. The van der Waals surface area contributed by atoms with E-state index < -0.39 is 0 Å². The van der Waals surface area contributed by atoms with Crippen molar-refractivity contribution in [1.82, 2.24) is 0 Å². The zero-order valence-corrected chi connectivity index (χ0v) is 9.46. The van der Waals surface area contributed by atoms with Gasteiger partial charge in [-0.3, -0.25) is 0 Å². The molecule has 1 aliphatic rings. The number of rotatable bonds is 1. The molecular weight excluding hydrogens is 190 g/mol. The largest absolute Gasteiger partial charge is 0.497 e. The second-order valence-electron chi connectivity index (χ2n) is 4.67. The molecule has 0 atom stereocenters. The minimum Gasteiger partial charge on any atom is -0.497 e. The molecule has 82 valence electrons. The Labute approximate surface area is 90.4 Å². The summed E-state index contributed by atoms with van der Waals surface area (Å²) in [5, 5.41) is 3.39. The molecule has 0 aromatic heterocycles. The Kier molecular flexibility index (Phi) is 2.47. The molecule has 0 bridgehead atoms. The van der Waals surface area contributed by atoms with Gasteiger partial charge >= 0.3 is 0 Å². The van der Waals surface area contributed by atoms with Crippen molar-refractivity contribution >= 4 is 5.69 Å². The molecule has 1 aromatic rings. The molecule has 0 saturated carbocycles. The first-order valence-corrected chi connectivity index (χ1v) is 5.15. The van der Waals surface area contributed by atoms with Crippen molar-refractivity contribution in [3.63, 3.8) is 0 Å². The van der Waals surface area contributed by atoms with Crippen LogP contribution in [-0.4, -0.2) is 20.3 Å². The summed E-state index contributed by atoms with van der Waals surface area (Å²) in [6.45, 7) is 6.01. The van der Waals surface area contributed by atoms with Crippen molar-refractivity contribution in [2.45, 2.75) is 13.8 Å². The molecule has 1 heterocycles. The lowest BCUT2D eigenvalue weighted by atomic mass is 9.95. The lowest BCUT2D eigenvalue weighted by Crippen LogP contribution is -2.27. The molecular formula is C12H17NO2. The van der Waals surface area contributed by atoms with E-state index in [4.69, 9.17) is 9.47 Å². The lowest BCUT2D eigenvalue weighted by molar-refractivity contribution is 0.199. The highest BCUT2D eigenvalue weighted by Crippen LogP contribution is 2.34. The minimum absolute atomic E-state index is 0.159. The van der Waals surface area contributed by atoms with Crippen molar-refractivity contribution in [2.75, 3.05) is 25.6 Å². The van der Waals surface area contributed by atoms with Crippen LogP contribution in [0.5, 0.6) is 11.5 Å². The normalized spacial score (nSPS) is 18.1. The van der Waals surface area contributed by atoms with Crippen LogP contribution >= 0.6 is 0 Å². The molecule has 0 radical (unpaired) electrons. The van der Waals surface area contributed by atoms with Gasteiger partial charge < -0.3 is 14.8 Å². The third-order valence-corrected chi connectivity index (χ3v) is 2.56. The number of fused-ring (bicyclic) bond motifs is 1. The second-order valence-corrected chi connectivity index (χ2v) is 4.67. The number of nitrogens with one attached hydrogen (secondary N) is 1. The van der Waals surface area contributed by atoms with E-state index in [1.807, 2.05) is 18.2 Å². The van der Waals surface area contributed by atoms with Crippen LogP contribution < -0.4 is 14.8 Å². The fourth-order valence-electron chi connectivity index (χ4n) is 1.55. The first kappa shape index (κ1) is 10.1. The molecule has 0 fully saturated rings. The highest BCUT2D eigenvalue weighted by atomic mass is 16.5. The fourth-order valence-corrected chi connectivity index (χ4v) is 1.55. The van der Waals surface area contributed by atoms with Gasteiger partial charge in [-0.05, 0) is 12.1 Å². The molecule has 0 spiro atoms. The number of hydrogen-bond donors (Lipinski definition) is 1. The molecule has 0 amide bonds. The Bertz CT molecular complexity index is 361. The van der Waals surface area contributed by atoms with E-state index in [-0.39, 0.29) is 5.41 Å². The van der Waals surface area contributed by atoms with Crippen molar-refractivity contribution in [2.24, 2.45) is 5.41 Å². The van der Waals surface area contributed by atoms with Gasteiger partial charge in [-0.25, -0.2) is 0 Å². The Balaban J connectivity index is 2.27. The van der Waals surface area contributed by atoms with E-state index in [1.165, 1.54) is 0 Å². The molecule has 1 aromatic carbocycles. The molecule has 3 heteroatoms. The standard InChI is InChI=1S/C12H17NO2/c1-12(2)7-13-10-5-4-9(14-3)6-11(10)15-8-12/h4-6,13H,7-8H2,1-3H3. The summed E-state index contributed by atoms with van der Waals surface area (Å²) < 4.78 is 10.9. The Morgan fingerprint density at radius 3 is 2.93 bits per heavy atom. The van der Waals surface area contributed by atoms with E-state index in [0.29, 0.717) is 0 Å². The van der Waals surface area contributed by atoms with Crippen molar-refractivity contribution in [3.8, 4) is 11.5 Å². The predicted molar refractivity (Wildman–Crippen MR) is 60.8 cm³/mol. The lowest BCUT2D eigenvalue weighted by Gasteiger charge is -2.20. The average molecular weight is 207 g/mol. The zero-order chi connectivity index (χ0) is 10.9. The Hall–Kier alpha value is -1.38. The number of benzene rings is 1. The second kappa shape index (κ2) is 3.65. The number of methoxy groups -OCH3 is 1. The van der Waals surface area contributed by atoms with E-state index in [9.17, 15) is 0 Å². The Morgan fingerprint density at radius 2 is 2.20 bits per heavy atom. The van der Waals surface area contributed by atoms with Gasteiger partial charge in [0.25, 0.3) is 0 Å². The third kappa shape index (κ3) is 2.17. The van der Waals surface area contributed by atoms with E-state index in [0.717, 1.165) is 30.3 Å². The van der Waals surface area contributed by atoms with Gasteiger partial charge in [-0.15, -0.1) is 0 Å². The van der Waals surface area contributed by atoms with Gasteiger partial charge in [0.1, 0.15) is 11.5 Å². The summed E-state index contributed by atoms with van der Waals surface area (Å²) in [6, 6.07) is 5.85. The van der Waals surface area contributed by atoms with Gasteiger partial charge in [0.2, 0.25) is 0 Å². The van der Waals surface area contributed by atoms with Crippen LogP contribution in [0.15, 0.2) is 18.2 Å². The Morgan fingerprint density at radius 1 is 1.40 bits per heavy atom. The van der Waals surface area contributed by atoms with Gasteiger partial charge in [-0.1, -0.05) is 13.8 Å². The smallest absolute Gasteiger partial charge is 0.146 e. The van der Waals surface area contributed by atoms with Gasteiger partial charge in [0, 0.05) is 18.0 Å². The quantitative estimate of drug-likeness (QED) is 0.767. The summed E-state index contributed by atoms with van der Waals surface area (Å²) in [4.78, 5) is 0.